The first-order chi connectivity index (χ1) is 13.5. The predicted octanol–water partition coefficient (Wildman–Crippen LogP) is 5.21. The molecule has 0 atom stereocenters. The Bertz CT molecular complexity index is 1160. The van der Waals surface area contributed by atoms with Gasteiger partial charge < -0.3 is 0 Å². The van der Waals surface area contributed by atoms with Crippen molar-refractivity contribution >= 4 is 68.3 Å². The number of anilines is 1. The molecule has 142 valence electrons. The highest BCUT2D eigenvalue weighted by Gasteiger charge is 2.15. The Kier molecular flexibility index (Phi) is 5.58. The zero-order valence-corrected chi connectivity index (χ0v) is 18.1. The van der Waals surface area contributed by atoms with Crippen molar-refractivity contribution < 1.29 is 4.79 Å². The number of aromatic nitrogens is 4. The van der Waals surface area contributed by atoms with E-state index in [1.807, 2.05) is 12.1 Å². The van der Waals surface area contributed by atoms with Gasteiger partial charge in [-0.25, -0.2) is 9.97 Å². The van der Waals surface area contributed by atoms with Crippen molar-refractivity contribution in [2.45, 2.75) is 18.9 Å². The maximum atomic E-state index is 12.3. The Morgan fingerprint density at radius 1 is 1.21 bits per heavy atom. The number of nitrogens with zero attached hydrogens (tertiary/aromatic N) is 4. The van der Waals surface area contributed by atoms with Crippen LogP contribution in [0.15, 0.2) is 35.6 Å². The summed E-state index contributed by atoms with van der Waals surface area (Å²) in [6.45, 7) is 4.12. The largest absolute Gasteiger partial charge is 0.293 e. The van der Waals surface area contributed by atoms with Crippen molar-refractivity contribution in [1.82, 2.24) is 19.3 Å². The molecule has 3 aromatic heterocycles. The third-order valence-electron chi connectivity index (χ3n) is 4.04. The molecule has 0 saturated heterocycles. The second-order valence-electron chi connectivity index (χ2n) is 5.91. The van der Waals surface area contributed by atoms with Crippen LogP contribution in [0.3, 0.4) is 0 Å². The third-order valence-corrected chi connectivity index (χ3v) is 7.16. The van der Waals surface area contributed by atoms with Gasteiger partial charge >= 0.3 is 0 Å². The molecule has 4 rings (SSSR count). The topological polar surface area (TPSA) is 80.7 Å². The molecule has 0 saturated carbocycles. The van der Waals surface area contributed by atoms with E-state index in [4.69, 9.17) is 11.6 Å². The van der Waals surface area contributed by atoms with Crippen LogP contribution in [-0.4, -0.2) is 31.0 Å². The standard InChI is InChI=1S/C18H14ClN5OS3/c1-9-10(2)27-17-14(9)16(20-8-21-17)26-7-13(25)22-18-23-15(28-24-18)11-3-5-12(19)6-4-11/h3-6,8H,7H2,1-2H3,(H,22,24,25). The van der Waals surface area contributed by atoms with Crippen LogP contribution in [-0.2, 0) is 4.79 Å². The monoisotopic (exact) mass is 447 g/mol. The molecule has 1 aromatic carbocycles. The van der Waals surface area contributed by atoms with E-state index < -0.39 is 0 Å². The summed E-state index contributed by atoms with van der Waals surface area (Å²) >= 11 is 10.2. The molecular formula is C18H14ClN5OS3. The Labute approximate surface area is 178 Å². The molecule has 0 fully saturated rings. The summed E-state index contributed by atoms with van der Waals surface area (Å²) in [6, 6.07) is 7.33. The van der Waals surface area contributed by atoms with E-state index in [0.717, 1.165) is 31.4 Å². The molecule has 1 N–H and O–H groups in total. The van der Waals surface area contributed by atoms with Crippen LogP contribution in [0, 0.1) is 13.8 Å². The van der Waals surface area contributed by atoms with Gasteiger partial charge in [-0.3, -0.25) is 10.1 Å². The fourth-order valence-electron chi connectivity index (χ4n) is 2.54. The molecule has 3 heterocycles. The van der Waals surface area contributed by atoms with Gasteiger partial charge in [-0.1, -0.05) is 35.5 Å². The van der Waals surface area contributed by atoms with Crippen LogP contribution in [0.4, 0.5) is 5.95 Å². The zero-order valence-electron chi connectivity index (χ0n) is 14.9. The highest BCUT2D eigenvalue weighted by molar-refractivity contribution is 8.00. The average Bonchev–Trinajstić information content (AvgIpc) is 3.26. The van der Waals surface area contributed by atoms with Crippen molar-refractivity contribution in [1.29, 1.82) is 0 Å². The summed E-state index contributed by atoms with van der Waals surface area (Å²) in [5.74, 6) is 0.341. The van der Waals surface area contributed by atoms with Gasteiger partial charge in [0.25, 0.3) is 0 Å². The van der Waals surface area contributed by atoms with Crippen molar-refractivity contribution in [3.8, 4) is 10.6 Å². The number of nitrogens with one attached hydrogen (secondary N) is 1. The van der Waals surface area contributed by atoms with Gasteiger partial charge in [0, 0.05) is 20.8 Å². The SMILES string of the molecule is Cc1sc2ncnc(SCC(=O)Nc3nsc(-c4ccc(Cl)cc4)n3)c2c1C. The van der Waals surface area contributed by atoms with Crippen LogP contribution in [0.2, 0.25) is 5.02 Å². The van der Waals surface area contributed by atoms with Gasteiger partial charge in [-0.2, -0.15) is 9.36 Å². The van der Waals surface area contributed by atoms with Crippen molar-refractivity contribution in [2.24, 2.45) is 0 Å². The minimum absolute atomic E-state index is 0.179. The normalized spacial score (nSPS) is 11.1. The molecule has 0 bridgehead atoms. The maximum Gasteiger partial charge on any atom is 0.241 e. The van der Waals surface area contributed by atoms with Crippen LogP contribution in [0.1, 0.15) is 10.4 Å². The smallest absolute Gasteiger partial charge is 0.241 e. The summed E-state index contributed by atoms with van der Waals surface area (Å²) in [6.07, 6.45) is 1.54. The van der Waals surface area contributed by atoms with Crippen LogP contribution in [0.5, 0.6) is 0 Å². The highest BCUT2D eigenvalue weighted by Crippen LogP contribution is 2.34. The number of hydrogen-bond acceptors (Lipinski definition) is 8. The minimum atomic E-state index is -0.179. The van der Waals surface area contributed by atoms with Crippen molar-refractivity contribution in [3.63, 3.8) is 0 Å². The number of thiophene rings is 1. The number of carbonyl (C=O) groups excluding carboxylic acids is 1. The number of carbonyl (C=O) groups is 1. The quantitative estimate of drug-likeness (QED) is 0.334. The summed E-state index contributed by atoms with van der Waals surface area (Å²) in [5, 5.41) is 5.97. The van der Waals surface area contributed by atoms with E-state index in [0.29, 0.717) is 11.0 Å². The van der Waals surface area contributed by atoms with Crippen LogP contribution >= 0.6 is 46.2 Å². The molecule has 10 heteroatoms. The Morgan fingerprint density at radius 2 is 2.00 bits per heavy atom. The number of amides is 1. The fourth-order valence-corrected chi connectivity index (χ4v) is 5.21. The molecule has 0 aliphatic heterocycles. The summed E-state index contributed by atoms with van der Waals surface area (Å²) < 4.78 is 4.21. The average molecular weight is 448 g/mol. The van der Waals surface area contributed by atoms with Gasteiger partial charge in [0.2, 0.25) is 11.9 Å². The van der Waals surface area contributed by atoms with Crippen molar-refractivity contribution in [3.05, 3.63) is 46.1 Å². The number of hydrogen-bond donors (Lipinski definition) is 1. The van der Waals surface area contributed by atoms with E-state index in [1.165, 1.54) is 28.2 Å². The molecule has 6 nitrogen and oxygen atoms in total. The highest BCUT2D eigenvalue weighted by atomic mass is 35.5. The van der Waals surface area contributed by atoms with Gasteiger partial charge in [0.1, 0.15) is 21.2 Å². The molecular weight excluding hydrogens is 434 g/mol. The number of fused-ring (bicyclic) bond motifs is 1. The van der Waals surface area contributed by atoms with Gasteiger partial charge in [0.05, 0.1) is 5.75 Å². The summed E-state index contributed by atoms with van der Waals surface area (Å²) in [5.41, 5.74) is 2.07. The Hall–Kier alpha value is -2.07. The minimum Gasteiger partial charge on any atom is -0.293 e. The number of thioether (sulfide) groups is 1. The van der Waals surface area contributed by atoms with E-state index >= 15 is 0 Å². The number of benzene rings is 1. The van der Waals surface area contributed by atoms with E-state index in [9.17, 15) is 4.79 Å². The molecule has 0 radical (unpaired) electrons. The second kappa shape index (κ2) is 8.12. The first-order valence-corrected chi connectivity index (χ1v) is 11.2. The zero-order chi connectivity index (χ0) is 19.7. The molecule has 1 amide bonds. The van der Waals surface area contributed by atoms with Crippen LogP contribution in [0.25, 0.3) is 20.8 Å². The lowest BCUT2D eigenvalue weighted by atomic mass is 10.2. The Balaban J connectivity index is 1.42. The predicted molar refractivity (Wildman–Crippen MR) is 117 cm³/mol. The third kappa shape index (κ3) is 4.02. The summed E-state index contributed by atoms with van der Waals surface area (Å²) in [7, 11) is 0. The Morgan fingerprint density at radius 3 is 2.79 bits per heavy atom. The number of rotatable bonds is 5. The van der Waals surface area contributed by atoms with Gasteiger partial charge in [-0.15, -0.1) is 11.3 Å². The molecule has 0 aliphatic rings. The molecule has 28 heavy (non-hydrogen) atoms. The lowest BCUT2D eigenvalue weighted by molar-refractivity contribution is -0.113. The lowest BCUT2D eigenvalue weighted by Gasteiger charge is -2.03. The first-order valence-electron chi connectivity index (χ1n) is 8.24. The lowest BCUT2D eigenvalue weighted by Crippen LogP contribution is -2.15. The fraction of sp³-hybridized carbons (Fsp3) is 0.167. The number of halogens is 1. The molecule has 0 aliphatic carbocycles. The summed E-state index contributed by atoms with van der Waals surface area (Å²) in [4.78, 5) is 27.5. The van der Waals surface area contributed by atoms with E-state index in [1.54, 1.807) is 29.8 Å². The molecule has 0 spiro atoms. The van der Waals surface area contributed by atoms with Crippen LogP contribution < -0.4 is 5.32 Å². The van der Waals surface area contributed by atoms with E-state index in [-0.39, 0.29) is 11.7 Å². The first kappa shape index (κ1) is 19.3. The maximum absolute atomic E-state index is 12.3. The second-order valence-corrected chi connectivity index (χ2v) is 9.26. The molecule has 4 aromatic rings. The van der Waals surface area contributed by atoms with Gasteiger partial charge in [-0.05, 0) is 43.1 Å². The molecule has 0 unspecified atom stereocenters. The number of aryl methyl sites for hydroxylation is 2. The van der Waals surface area contributed by atoms with E-state index in [2.05, 4.69) is 38.5 Å². The van der Waals surface area contributed by atoms with Crippen molar-refractivity contribution in [2.75, 3.05) is 11.1 Å². The van der Waals surface area contributed by atoms with Gasteiger partial charge in [0.15, 0.2) is 0 Å².